The highest BCUT2D eigenvalue weighted by molar-refractivity contribution is 5.76. The van der Waals surface area contributed by atoms with Crippen molar-refractivity contribution in [3.05, 3.63) is 12.2 Å². The Morgan fingerprint density at radius 2 is 0.822 bits per heavy atom. The van der Waals surface area contributed by atoms with E-state index in [1.54, 1.807) is 6.08 Å². The van der Waals surface area contributed by atoms with Gasteiger partial charge in [0.05, 0.1) is 18.8 Å². The topological polar surface area (TPSA) is 69.6 Å². The number of hydrogen-bond acceptors (Lipinski definition) is 3. The summed E-state index contributed by atoms with van der Waals surface area (Å²) < 4.78 is 0. The van der Waals surface area contributed by atoms with Crippen LogP contribution in [0.2, 0.25) is 0 Å². The number of carbonyl (C=O) groups is 1. The molecule has 2 unspecified atom stereocenters. The van der Waals surface area contributed by atoms with Gasteiger partial charge in [0.15, 0.2) is 0 Å². The van der Waals surface area contributed by atoms with Crippen molar-refractivity contribution in [3.8, 4) is 0 Å². The van der Waals surface area contributed by atoms with Crippen molar-refractivity contribution < 1.29 is 15.0 Å². The van der Waals surface area contributed by atoms with Crippen molar-refractivity contribution in [2.24, 2.45) is 0 Å². The summed E-state index contributed by atoms with van der Waals surface area (Å²) in [5.74, 6) is -0.0626. The van der Waals surface area contributed by atoms with Crippen LogP contribution < -0.4 is 5.32 Å². The molecule has 0 fully saturated rings. The van der Waals surface area contributed by atoms with Crippen LogP contribution in [0.25, 0.3) is 0 Å². The Bertz CT molecular complexity index is 608. The van der Waals surface area contributed by atoms with Gasteiger partial charge in [-0.3, -0.25) is 4.79 Å². The van der Waals surface area contributed by atoms with Crippen molar-refractivity contribution in [1.29, 1.82) is 0 Å². The van der Waals surface area contributed by atoms with Gasteiger partial charge in [-0.05, 0) is 19.3 Å². The zero-order valence-electron chi connectivity index (χ0n) is 30.7. The number of hydrogen-bond donors (Lipinski definition) is 3. The Kier molecular flexibility index (Phi) is 36.9. The second kappa shape index (κ2) is 37.6. The van der Waals surface area contributed by atoms with Crippen LogP contribution in [-0.4, -0.2) is 34.9 Å². The summed E-state index contributed by atoms with van der Waals surface area (Å²) in [4.78, 5) is 12.3. The Morgan fingerprint density at radius 1 is 0.511 bits per heavy atom. The average molecular weight is 636 g/mol. The van der Waals surface area contributed by atoms with Gasteiger partial charge in [-0.25, -0.2) is 0 Å². The van der Waals surface area contributed by atoms with E-state index < -0.39 is 12.1 Å². The second-order valence-corrected chi connectivity index (χ2v) is 14.1. The molecule has 0 radical (unpaired) electrons. The fourth-order valence-electron chi connectivity index (χ4n) is 6.35. The summed E-state index contributed by atoms with van der Waals surface area (Å²) in [6.45, 7) is 4.31. The third-order valence-corrected chi connectivity index (χ3v) is 9.52. The fourth-order valence-corrected chi connectivity index (χ4v) is 6.35. The summed E-state index contributed by atoms with van der Waals surface area (Å²) in [6, 6.07) is -0.615. The summed E-state index contributed by atoms with van der Waals surface area (Å²) in [6.07, 6.45) is 46.0. The SMILES string of the molecule is CCCCCCCCCCCCCCCCCCCCC/C=C/C(O)C(CO)NC(=O)CCCCCCCCCCCCCC. The first-order valence-electron chi connectivity index (χ1n) is 20.4. The largest absolute Gasteiger partial charge is 0.394 e. The van der Waals surface area contributed by atoms with Crippen molar-refractivity contribution in [1.82, 2.24) is 5.32 Å². The molecule has 3 N–H and O–H groups in total. The quantitative estimate of drug-likeness (QED) is 0.0470. The lowest BCUT2D eigenvalue weighted by Gasteiger charge is -2.20. The van der Waals surface area contributed by atoms with Crippen LogP contribution in [0.4, 0.5) is 0 Å². The molecule has 268 valence electrons. The number of carbonyl (C=O) groups excluding carboxylic acids is 1. The van der Waals surface area contributed by atoms with E-state index in [-0.39, 0.29) is 12.5 Å². The molecule has 1 amide bonds. The number of amides is 1. The first-order valence-corrected chi connectivity index (χ1v) is 20.4. The van der Waals surface area contributed by atoms with E-state index in [2.05, 4.69) is 19.2 Å². The zero-order chi connectivity index (χ0) is 32.9. The van der Waals surface area contributed by atoms with Crippen LogP contribution in [0.5, 0.6) is 0 Å². The molecule has 0 bridgehead atoms. The van der Waals surface area contributed by atoms with Gasteiger partial charge >= 0.3 is 0 Å². The van der Waals surface area contributed by atoms with Crippen molar-refractivity contribution in [3.63, 3.8) is 0 Å². The lowest BCUT2D eigenvalue weighted by Crippen LogP contribution is -2.45. The molecule has 0 rings (SSSR count). The number of rotatable bonds is 37. The summed E-state index contributed by atoms with van der Waals surface area (Å²) in [5.41, 5.74) is 0. The molecule has 45 heavy (non-hydrogen) atoms. The van der Waals surface area contributed by atoms with Gasteiger partial charge in [-0.2, -0.15) is 0 Å². The first-order chi connectivity index (χ1) is 22.2. The molecule has 2 atom stereocenters. The lowest BCUT2D eigenvalue weighted by atomic mass is 10.0. The van der Waals surface area contributed by atoms with Gasteiger partial charge in [0.25, 0.3) is 0 Å². The standard InChI is InChI=1S/C41H81NO3/c1-3-5-7-9-11-13-15-17-18-19-20-21-22-23-24-25-26-28-30-32-34-36-40(44)39(38-43)42-41(45)37-35-33-31-29-27-16-14-12-10-8-6-4-2/h34,36,39-40,43-44H,3-33,35,37-38H2,1-2H3,(H,42,45)/b36-34+. The fraction of sp³-hybridized carbons (Fsp3) is 0.927. The maximum Gasteiger partial charge on any atom is 0.220 e. The molecule has 0 saturated carbocycles. The second-order valence-electron chi connectivity index (χ2n) is 14.1. The average Bonchev–Trinajstić information content (AvgIpc) is 3.04. The van der Waals surface area contributed by atoms with Crippen molar-refractivity contribution in [2.75, 3.05) is 6.61 Å². The summed E-state index contributed by atoms with van der Waals surface area (Å²) in [5, 5.41) is 22.9. The van der Waals surface area contributed by atoms with Crippen LogP contribution >= 0.6 is 0 Å². The number of unbranched alkanes of at least 4 members (excludes halogenated alkanes) is 30. The third kappa shape index (κ3) is 34.3. The molecule has 0 spiro atoms. The van der Waals surface area contributed by atoms with Crippen LogP contribution in [-0.2, 0) is 4.79 Å². The number of nitrogens with one attached hydrogen (secondary N) is 1. The van der Waals surface area contributed by atoms with E-state index in [0.29, 0.717) is 6.42 Å². The summed E-state index contributed by atoms with van der Waals surface area (Å²) in [7, 11) is 0. The maximum atomic E-state index is 12.3. The van der Waals surface area contributed by atoms with E-state index >= 15 is 0 Å². The Morgan fingerprint density at radius 3 is 1.16 bits per heavy atom. The van der Waals surface area contributed by atoms with Gasteiger partial charge in [0.1, 0.15) is 0 Å². The predicted octanol–water partition coefficient (Wildman–Crippen LogP) is 12.3. The van der Waals surface area contributed by atoms with E-state index in [1.807, 2.05) is 6.08 Å². The highest BCUT2D eigenvalue weighted by atomic mass is 16.3. The third-order valence-electron chi connectivity index (χ3n) is 9.52. The Labute approximate surface area is 282 Å². The summed E-state index contributed by atoms with van der Waals surface area (Å²) >= 11 is 0. The molecule has 0 saturated heterocycles. The Hall–Kier alpha value is -0.870. The number of aliphatic hydroxyl groups excluding tert-OH is 2. The molecule has 0 aliphatic carbocycles. The van der Waals surface area contributed by atoms with Gasteiger partial charge in [-0.15, -0.1) is 0 Å². The molecule has 0 aromatic heterocycles. The molecule has 4 nitrogen and oxygen atoms in total. The number of aliphatic hydroxyl groups is 2. The molecular formula is C41H81NO3. The van der Waals surface area contributed by atoms with Gasteiger partial charge in [0.2, 0.25) is 5.91 Å². The minimum atomic E-state index is -0.832. The van der Waals surface area contributed by atoms with Crippen LogP contribution in [0.1, 0.15) is 226 Å². The molecule has 0 aliphatic heterocycles. The van der Waals surface area contributed by atoms with Gasteiger partial charge in [0, 0.05) is 6.42 Å². The molecule has 0 aromatic carbocycles. The zero-order valence-corrected chi connectivity index (χ0v) is 30.7. The van der Waals surface area contributed by atoms with E-state index in [1.165, 1.54) is 180 Å². The van der Waals surface area contributed by atoms with E-state index in [0.717, 1.165) is 25.7 Å². The molecule has 0 aliphatic rings. The lowest BCUT2D eigenvalue weighted by molar-refractivity contribution is -0.123. The van der Waals surface area contributed by atoms with Crippen LogP contribution in [0.3, 0.4) is 0 Å². The number of allylic oxidation sites excluding steroid dienone is 1. The highest BCUT2D eigenvalue weighted by Crippen LogP contribution is 2.16. The monoisotopic (exact) mass is 636 g/mol. The molecule has 0 heterocycles. The predicted molar refractivity (Wildman–Crippen MR) is 198 cm³/mol. The molecule has 0 aromatic rings. The van der Waals surface area contributed by atoms with E-state index in [4.69, 9.17) is 0 Å². The maximum absolute atomic E-state index is 12.3. The van der Waals surface area contributed by atoms with E-state index in [9.17, 15) is 15.0 Å². The molecular weight excluding hydrogens is 554 g/mol. The Balaban J connectivity index is 3.53. The first kappa shape index (κ1) is 44.1. The molecule has 4 heteroatoms. The van der Waals surface area contributed by atoms with Crippen LogP contribution in [0, 0.1) is 0 Å². The van der Waals surface area contributed by atoms with Gasteiger partial charge < -0.3 is 15.5 Å². The van der Waals surface area contributed by atoms with Crippen molar-refractivity contribution >= 4 is 5.91 Å². The van der Waals surface area contributed by atoms with Gasteiger partial charge in [-0.1, -0.05) is 212 Å². The minimum absolute atomic E-state index is 0.0626. The normalized spacial score (nSPS) is 13.1. The van der Waals surface area contributed by atoms with Crippen LogP contribution in [0.15, 0.2) is 12.2 Å². The minimum Gasteiger partial charge on any atom is -0.394 e. The smallest absolute Gasteiger partial charge is 0.220 e. The highest BCUT2D eigenvalue weighted by Gasteiger charge is 2.17. The van der Waals surface area contributed by atoms with Crippen molar-refractivity contribution in [2.45, 2.75) is 238 Å².